The van der Waals surface area contributed by atoms with Crippen LogP contribution >= 0.6 is 12.4 Å². The number of fused-ring (bicyclic) bond motifs is 1. The lowest BCUT2D eigenvalue weighted by molar-refractivity contribution is -0.122. The zero-order valence-corrected chi connectivity index (χ0v) is 17.0. The summed E-state index contributed by atoms with van der Waals surface area (Å²) in [5.41, 5.74) is 8.76. The first kappa shape index (κ1) is 21.6. The first-order chi connectivity index (χ1) is 13.1. The van der Waals surface area contributed by atoms with Crippen molar-refractivity contribution in [3.05, 3.63) is 59.8 Å². The number of nitrogens with one attached hydrogen (secondary N) is 2. The predicted molar refractivity (Wildman–Crippen MR) is 114 cm³/mol. The Labute approximate surface area is 170 Å². The number of amides is 1. The van der Waals surface area contributed by atoms with Gasteiger partial charge in [-0.25, -0.2) is 0 Å². The van der Waals surface area contributed by atoms with Crippen molar-refractivity contribution in [2.45, 2.75) is 18.9 Å². The number of hydrogen-bond acceptors (Lipinski definition) is 4. The van der Waals surface area contributed by atoms with Gasteiger partial charge in [0.1, 0.15) is 0 Å². The number of carbonyl (C=O) groups is 1. The number of carbonyl (C=O) groups excluding carboxylic acids is 1. The standard InChI is InChI=1S/C21H25N3O3.ClH/c1-13(22)21(25)24-12-17(15-8-6-10-19(26-2)20(15)27-3)16-11-23-18-9-5-4-7-14(16)18;/h4-11,13,17,23H,12,22H2,1-3H3,(H,24,25);1H/t13-,17?;/m1./s1. The summed E-state index contributed by atoms with van der Waals surface area (Å²) in [7, 11) is 3.23. The van der Waals surface area contributed by atoms with Gasteiger partial charge in [-0.1, -0.05) is 30.3 Å². The van der Waals surface area contributed by atoms with E-state index in [1.54, 1.807) is 21.1 Å². The number of nitrogens with two attached hydrogens (primary N) is 1. The highest BCUT2D eigenvalue weighted by Gasteiger charge is 2.24. The first-order valence-electron chi connectivity index (χ1n) is 8.87. The summed E-state index contributed by atoms with van der Waals surface area (Å²) >= 11 is 0. The molecular formula is C21H26ClN3O3. The van der Waals surface area contributed by atoms with Crippen LogP contribution in [0.1, 0.15) is 24.0 Å². The van der Waals surface area contributed by atoms with E-state index >= 15 is 0 Å². The quantitative estimate of drug-likeness (QED) is 0.565. The Bertz CT molecular complexity index is 940. The minimum absolute atomic E-state index is 0. The maximum absolute atomic E-state index is 12.1. The van der Waals surface area contributed by atoms with Gasteiger partial charge in [0.2, 0.25) is 5.91 Å². The molecule has 0 aliphatic carbocycles. The summed E-state index contributed by atoms with van der Waals surface area (Å²) in [6.07, 6.45) is 1.98. The zero-order chi connectivity index (χ0) is 19.4. The van der Waals surface area contributed by atoms with Crippen molar-refractivity contribution in [1.82, 2.24) is 10.3 Å². The van der Waals surface area contributed by atoms with E-state index < -0.39 is 6.04 Å². The van der Waals surface area contributed by atoms with Gasteiger partial charge in [-0.3, -0.25) is 4.79 Å². The topological polar surface area (TPSA) is 89.4 Å². The Morgan fingerprint density at radius 3 is 2.54 bits per heavy atom. The molecule has 1 aromatic heterocycles. The minimum atomic E-state index is -0.569. The minimum Gasteiger partial charge on any atom is -0.493 e. The third-order valence-electron chi connectivity index (χ3n) is 4.70. The summed E-state index contributed by atoms with van der Waals surface area (Å²) in [5.74, 6) is 0.985. The number of aromatic amines is 1. The summed E-state index contributed by atoms with van der Waals surface area (Å²) in [4.78, 5) is 15.4. The largest absolute Gasteiger partial charge is 0.493 e. The van der Waals surface area contributed by atoms with Crippen molar-refractivity contribution in [2.75, 3.05) is 20.8 Å². The van der Waals surface area contributed by atoms with E-state index in [4.69, 9.17) is 15.2 Å². The van der Waals surface area contributed by atoms with E-state index in [0.29, 0.717) is 18.0 Å². The highest BCUT2D eigenvalue weighted by Crippen LogP contribution is 2.40. The van der Waals surface area contributed by atoms with Crippen LogP contribution in [0.4, 0.5) is 0 Å². The molecule has 0 aliphatic rings. The molecule has 4 N–H and O–H groups in total. The van der Waals surface area contributed by atoms with Crippen LogP contribution in [0, 0.1) is 0 Å². The molecule has 7 heteroatoms. The smallest absolute Gasteiger partial charge is 0.236 e. The van der Waals surface area contributed by atoms with Crippen LogP contribution in [0.3, 0.4) is 0 Å². The Morgan fingerprint density at radius 2 is 1.86 bits per heavy atom. The maximum atomic E-state index is 12.1. The normalized spacial score (nSPS) is 12.7. The molecule has 1 heterocycles. The number of hydrogen-bond donors (Lipinski definition) is 3. The van der Waals surface area contributed by atoms with Crippen molar-refractivity contribution < 1.29 is 14.3 Å². The lowest BCUT2D eigenvalue weighted by Crippen LogP contribution is -2.40. The number of ether oxygens (including phenoxy) is 2. The first-order valence-corrected chi connectivity index (χ1v) is 8.87. The fraction of sp³-hybridized carbons (Fsp3) is 0.286. The summed E-state index contributed by atoms with van der Waals surface area (Å²) in [6.45, 7) is 2.06. The number of aromatic nitrogens is 1. The lowest BCUT2D eigenvalue weighted by Gasteiger charge is -2.22. The molecule has 6 nitrogen and oxygen atoms in total. The predicted octanol–water partition coefficient (Wildman–Crippen LogP) is 3.20. The van der Waals surface area contributed by atoms with Crippen LogP contribution in [0.5, 0.6) is 11.5 Å². The van der Waals surface area contributed by atoms with Crippen LogP contribution in [-0.2, 0) is 4.79 Å². The summed E-state index contributed by atoms with van der Waals surface area (Å²) in [6, 6.07) is 13.3. The van der Waals surface area contributed by atoms with Gasteiger partial charge in [-0.05, 0) is 24.6 Å². The van der Waals surface area contributed by atoms with E-state index in [-0.39, 0.29) is 24.2 Å². The molecule has 0 spiro atoms. The van der Waals surface area contributed by atoms with Crippen LogP contribution in [0.2, 0.25) is 0 Å². The Balaban J connectivity index is 0.00000280. The van der Waals surface area contributed by atoms with E-state index in [1.165, 1.54) is 0 Å². The fourth-order valence-corrected chi connectivity index (χ4v) is 3.32. The number of rotatable bonds is 7. The Hall–Kier alpha value is -2.70. The van der Waals surface area contributed by atoms with Crippen molar-refractivity contribution in [2.24, 2.45) is 5.73 Å². The number of methoxy groups -OCH3 is 2. The van der Waals surface area contributed by atoms with Crippen molar-refractivity contribution >= 4 is 29.2 Å². The molecule has 150 valence electrons. The highest BCUT2D eigenvalue weighted by atomic mass is 35.5. The molecule has 1 amide bonds. The molecule has 2 aromatic carbocycles. The van der Waals surface area contributed by atoms with Crippen LogP contribution in [0.25, 0.3) is 10.9 Å². The van der Waals surface area contributed by atoms with Gasteiger partial charge in [0.15, 0.2) is 11.5 Å². The molecule has 0 saturated carbocycles. The molecule has 1 unspecified atom stereocenters. The van der Waals surface area contributed by atoms with E-state index in [2.05, 4.69) is 16.4 Å². The number of halogens is 1. The molecule has 0 fully saturated rings. The second-order valence-electron chi connectivity index (χ2n) is 6.46. The zero-order valence-electron chi connectivity index (χ0n) is 16.2. The second-order valence-corrected chi connectivity index (χ2v) is 6.46. The molecular weight excluding hydrogens is 378 g/mol. The second kappa shape index (κ2) is 9.48. The Morgan fingerprint density at radius 1 is 1.11 bits per heavy atom. The number of para-hydroxylation sites is 2. The van der Waals surface area contributed by atoms with E-state index in [1.807, 2.05) is 42.6 Å². The van der Waals surface area contributed by atoms with Gasteiger partial charge < -0.3 is 25.5 Å². The monoisotopic (exact) mass is 403 g/mol. The molecule has 3 aromatic rings. The van der Waals surface area contributed by atoms with E-state index in [0.717, 1.165) is 22.0 Å². The van der Waals surface area contributed by atoms with Gasteiger partial charge in [0.25, 0.3) is 0 Å². The Kier molecular flexibility index (Phi) is 7.31. The molecule has 0 bridgehead atoms. The van der Waals surface area contributed by atoms with Crippen LogP contribution in [0.15, 0.2) is 48.7 Å². The van der Waals surface area contributed by atoms with Gasteiger partial charge in [-0.15, -0.1) is 12.4 Å². The number of benzene rings is 2. The number of H-pyrrole nitrogens is 1. The van der Waals surface area contributed by atoms with Gasteiger partial charge >= 0.3 is 0 Å². The molecule has 3 rings (SSSR count). The molecule has 0 radical (unpaired) electrons. The SMILES string of the molecule is COc1cccc(C(CNC(=O)[C@@H](C)N)c2c[nH]c3ccccc23)c1OC.Cl. The molecule has 2 atom stereocenters. The van der Waals surface area contributed by atoms with Crippen molar-refractivity contribution in [3.63, 3.8) is 0 Å². The van der Waals surface area contributed by atoms with Crippen molar-refractivity contribution in [3.8, 4) is 11.5 Å². The van der Waals surface area contributed by atoms with Gasteiger partial charge in [0, 0.05) is 35.1 Å². The lowest BCUT2D eigenvalue weighted by atomic mass is 9.89. The molecule has 0 saturated heterocycles. The average Bonchev–Trinajstić information content (AvgIpc) is 3.11. The highest BCUT2D eigenvalue weighted by molar-refractivity contribution is 5.85. The van der Waals surface area contributed by atoms with Crippen LogP contribution < -0.4 is 20.5 Å². The average molecular weight is 404 g/mol. The van der Waals surface area contributed by atoms with Crippen LogP contribution in [-0.4, -0.2) is 37.7 Å². The third kappa shape index (κ3) is 4.24. The molecule has 0 aliphatic heterocycles. The van der Waals surface area contributed by atoms with Gasteiger partial charge in [0.05, 0.1) is 20.3 Å². The van der Waals surface area contributed by atoms with Gasteiger partial charge in [-0.2, -0.15) is 0 Å². The van der Waals surface area contributed by atoms with Crippen molar-refractivity contribution in [1.29, 1.82) is 0 Å². The maximum Gasteiger partial charge on any atom is 0.236 e. The fourth-order valence-electron chi connectivity index (χ4n) is 3.32. The summed E-state index contributed by atoms with van der Waals surface area (Å²) in [5, 5.41) is 4.05. The molecule has 28 heavy (non-hydrogen) atoms. The third-order valence-corrected chi connectivity index (χ3v) is 4.70. The van der Waals surface area contributed by atoms with E-state index in [9.17, 15) is 4.79 Å². The summed E-state index contributed by atoms with van der Waals surface area (Å²) < 4.78 is 11.1.